The number of benzene rings is 1. The summed E-state index contributed by atoms with van der Waals surface area (Å²) in [6.45, 7) is 2.05. The first-order chi connectivity index (χ1) is 8.79. The molecule has 3 heteroatoms. The van der Waals surface area contributed by atoms with Crippen molar-refractivity contribution in [2.75, 3.05) is 0 Å². The van der Waals surface area contributed by atoms with E-state index in [1.54, 1.807) is 6.20 Å². The average molecular weight is 238 g/mol. The molecule has 3 aromatic rings. The Bertz CT molecular complexity index is 701. The summed E-state index contributed by atoms with van der Waals surface area (Å²) in [5.41, 5.74) is 3.96. The quantitative estimate of drug-likeness (QED) is 0.745. The number of pyridine rings is 1. The standard InChI is InChI=1S/C15H14N2O/c1-11-4-5-14(13(9-11)10-18)17-8-6-12-3-2-7-16-15(12)17/h2-9,18H,10H2,1H3. The highest BCUT2D eigenvalue weighted by Crippen LogP contribution is 2.22. The van der Waals surface area contributed by atoms with Crippen molar-refractivity contribution in [2.24, 2.45) is 0 Å². The molecule has 0 fully saturated rings. The molecule has 18 heavy (non-hydrogen) atoms. The minimum absolute atomic E-state index is 0.0313. The average Bonchev–Trinajstić information content (AvgIpc) is 2.82. The Balaban J connectivity index is 2.26. The largest absolute Gasteiger partial charge is 0.392 e. The maximum absolute atomic E-state index is 9.48. The summed E-state index contributed by atoms with van der Waals surface area (Å²) in [4.78, 5) is 4.40. The zero-order chi connectivity index (χ0) is 12.5. The number of hydrogen-bond acceptors (Lipinski definition) is 2. The number of aryl methyl sites for hydroxylation is 1. The first-order valence-electron chi connectivity index (χ1n) is 5.92. The molecule has 90 valence electrons. The van der Waals surface area contributed by atoms with Gasteiger partial charge in [0.2, 0.25) is 0 Å². The van der Waals surface area contributed by atoms with Gasteiger partial charge in [0.05, 0.1) is 12.3 Å². The maximum Gasteiger partial charge on any atom is 0.144 e. The van der Waals surface area contributed by atoms with E-state index in [1.165, 1.54) is 0 Å². The summed E-state index contributed by atoms with van der Waals surface area (Å²) in [5, 5.41) is 10.6. The van der Waals surface area contributed by atoms with Gasteiger partial charge in [-0.05, 0) is 31.2 Å². The second kappa shape index (κ2) is 4.27. The molecule has 0 atom stereocenters. The Morgan fingerprint density at radius 2 is 2.11 bits per heavy atom. The highest BCUT2D eigenvalue weighted by molar-refractivity contribution is 5.78. The molecular weight excluding hydrogens is 224 g/mol. The van der Waals surface area contributed by atoms with Crippen molar-refractivity contribution < 1.29 is 5.11 Å². The molecule has 0 radical (unpaired) electrons. The van der Waals surface area contributed by atoms with Gasteiger partial charge >= 0.3 is 0 Å². The molecule has 0 amide bonds. The number of hydrogen-bond donors (Lipinski definition) is 1. The van der Waals surface area contributed by atoms with Gasteiger partial charge in [-0.15, -0.1) is 0 Å². The molecule has 0 bridgehead atoms. The summed E-state index contributed by atoms with van der Waals surface area (Å²) >= 11 is 0. The van der Waals surface area contributed by atoms with Crippen molar-refractivity contribution in [1.29, 1.82) is 0 Å². The third-order valence-corrected chi connectivity index (χ3v) is 3.11. The van der Waals surface area contributed by atoms with Crippen LogP contribution in [0, 0.1) is 6.92 Å². The van der Waals surface area contributed by atoms with Crippen LogP contribution in [0.25, 0.3) is 16.7 Å². The molecule has 0 aliphatic rings. The number of aliphatic hydroxyl groups is 1. The Morgan fingerprint density at radius 1 is 1.22 bits per heavy atom. The van der Waals surface area contributed by atoms with Gasteiger partial charge in [-0.2, -0.15) is 0 Å². The van der Waals surface area contributed by atoms with Crippen LogP contribution in [0.5, 0.6) is 0 Å². The van der Waals surface area contributed by atoms with E-state index in [0.717, 1.165) is 27.8 Å². The van der Waals surface area contributed by atoms with Gasteiger partial charge in [-0.1, -0.05) is 17.7 Å². The fourth-order valence-corrected chi connectivity index (χ4v) is 2.24. The van der Waals surface area contributed by atoms with E-state index in [2.05, 4.69) is 4.98 Å². The van der Waals surface area contributed by atoms with E-state index in [9.17, 15) is 5.11 Å². The molecule has 0 aliphatic carbocycles. The van der Waals surface area contributed by atoms with Crippen LogP contribution in [0.2, 0.25) is 0 Å². The molecule has 3 rings (SSSR count). The molecule has 0 aliphatic heterocycles. The predicted molar refractivity (Wildman–Crippen MR) is 71.7 cm³/mol. The second-order valence-corrected chi connectivity index (χ2v) is 4.39. The molecular formula is C15H14N2O. The van der Waals surface area contributed by atoms with Gasteiger partial charge in [-0.25, -0.2) is 4.98 Å². The highest BCUT2D eigenvalue weighted by atomic mass is 16.3. The smallest absolute Gasteiger partial charge is 0.144 e. The Morgan fingerprint density at radius 3 is 2.94 bits per heavy atom. The van der Waals surface area contributed by atoms with Crippen molar-refractivity contribution in [3.8, 4) is 5.69 Å². The minimum Gasteiger partial charge on any atom is -0.392 e. The van der Waals surface area contributed by atoms with E-state index in [0.29, 0.717) is 0 Å². The van der Waals surface area contributed by atoms with Crippen LogP contribution in [0.3, 0.4) is 0 Å². The molecule has 1 aromatic carbocycles. The molecule has 3 nitrogen and oxygen atoms in total. The summed E-state index contributed by atoms with van der Waals surface area (Å²) in [6.07, 6.45) is 3.77. The predicted octanol–water partition coefficient (Wildman–Crippen LogP) is 2.83. The van der Waals surface area contributed by atoms with Crippen LogP contribution in [-0.4, -0.2) is 14.7 Å². The van der Waals surface area contributed by atoms with Crippen LogP contribution in [0.15, 0.2) is 48.8 Å². The van der Waals surface area contributed by atoms with Gasteiger partial charge in [-0.3, -0.25) is 0 Å². The number of aliphatic hydroxyl groups excluding tert-OH is 1. The molecule has 2 heterocycles. The maximum atomic E-state index is 9.48. The van der Waals surface area contributed by atoms with Gasteiger partial charge in [0.1, 0.15) is 5.65 Å². The summed E-state index contributed by atoms with van der Waals surface area (Å²) in [5.74, 6) is 0. The van der Waals surface area contributed by atoms with Gasteiger partial charge in [0.25, 0.3) is 0 Å². The summed E-state index contributed by atoms with van der Waals surface area (Å²) < 4.78 is 2.01. The van der Waals surface area contributed by atoms with Crippen LogP contribution in [0.1, 0.15) is 11.1 Å². The van der Waals surface area contributed by atoms with Crippen LogP contribution in [0.4, 0.5) is 0 Å². The second-order valence-electron chi connectivity index (χ2n) is 4.39. The van der Waals surface area contributed by atoms with Crippen molar-refractivity contribution in [2.45, 2.75) is 13.5 Å². The first kappa shape index (κ1) is 11.0. The zero-order valence-electron chi connectivity index (χ0n) is 10.2. The summed E-state index contributed by atoms with van der Waals surface area (Å²) in [6, 6.07) is 12.1. The molecule has 0 saturated carbocycles. The molecule has 0 spiro atoms. The van der Waals surface area contributed by atoms with Crippen molar-refractivity contribution >= 4 is 11.0 Å². The third kappa shape index (κ3) is 1.69. The van der Waals surface area contributed by atoms with Crippen LogP contribution < -0.4 is 0 Å². The lowest BCUT2D eigenvalue weighted by Crippen LogP contribution is -1.99. The van der Waals surface area contributed by atoms with Crippen molar-refractivity contribution in [3.05, 3.63) is 59.9 Å². The molecule has 2 aromatic heterocycles. The van der Waals surface area contributed by atoms with Crippen LogP contribution >= 0.6 is 0 Å². The Kier molecular flexibility index (Phi) is 2.61. The summed E-state index contributed by atoms with van der Waals surface area (Å²) in [7, 11) is 0. The van der Waals surface area contributed by atoms with Crippen molar-refractivity contribution in [3.63, 3.8) is 0 Å². The Hall–Kier alpha value is -2.13. The molecule has 0 unspecified atom stereocenters. The van der Waals surface area contributed by atoms with Gasteiger partial charge in [0.15, 0.2) is 0 Å². The van der Waals surface area contributed by atoms with E-state index in [1.807, 2.05) is 54.1 Å². The highest BCUT2D eigenvalue weighted by Gasteiger charge is 2.08. The lowest BCUT2D eigenvalue weighted by molar-refractivity contribution is 0.281. The minimum atomic E-state index is 0.0313. The van der Waals surface area contributed by atoms with Gasteiger partial charge in [0, 0.05) is 23.3 Å². The normalized spacial score (nSPS) is 11.0. The number of nitrogens with zero attached hydrogens (tertiary/aromatic N) is 2. The van der Waals surface area contributed by atoms with Crippen LogP contribution in [-0.2, 0) is 6.61 Å². The third-order valence-electron chi connectivity index (χ3n) is 3.11. The monoisotopic (exact) mass is 238 g/mol. The van der Waals surface area contributed by atoms with E-state index >= 15 is 0 Å². The first-order valence-corrected chi connectivity index (χ1v) is 5.92. The molecule has 1 N–H and O–H groups in total. The molecule has 0 saturated heterocycles. The number of aromatic nitrogens is 2. The van der Waals surface area contributed by atoms with Crippen molar-refractivity contribution in [1.82, 2.24) is 9.55 Å². The topological polar surface area (TPSA) is 38.0 Å². The van der Waals surface area contributed by atoms with E-state index in [-0.39, 0.29) is 6.61 Å². The van der Waals surface area contributed by atoms with E-state index in [4.69, 9.17) is 0 Å². The Labute approximate surface area is 105 Å². The lowest BCUT2D eigenvalue weighted by atomic mass is 10.1. The lowest BCUT2D eigenvalue weighted by Gasteiger charge is -2.10. The van der Waals surface area contributed by atoms with E-state index < -0.39 is 0 Å². The fourth-order valence-electron chi connectivity index (χ4n) is 2.24. The number of rotatable bonds is 2. The van der Waals surface area contributed by atoms with Gasteiger partial charge < -0.3 is 9.67 Å². The number of fused-ring (bicyclic) bond motifs is 1. The zero-order valence-corrected chi connectivity index (χ0v) is 10.2. The fraction of sp³-hybridized carbons (Fsp3) is 0.133. The SMILES string of the molecule is Cc1ccc(-n2ccc3cccnc32)c(CO)c1.